The van der Waals surface area contributed by atoms with E-state index in [1.54, 1.807) is 4.88 Å². The van der Waals surface area contributed by atoms with Gasteiger partial charge in [-0.25, -0.2) is 0 Å². The van der Waals surface area contributed by atoms with Crippen LogP contribution in [0.3, 0.4) is 0 Å². The summed E-state index contributed by atoms with van der Waals surface area (Å²) in [5, 5.41) is 15.5. The van der Waals surface area contributed by atoms with Gasteiger partial charge < -0.3 is 5.11 Å². The Morgan fingerprint density at radius 2 is 1.54 bits per heavy atom. The van der Waals surface area contributed by atoms with Gasteiger partial charge in [0.15, 0.2) is 0 Å². The van der Waals surface area contributed by atoms with Crippen molar-refractivity contribution in [2.24, 2.45) is 110 Å². The highest BCUT2D eigenvalue weighted by Gasteiger charge is 2.81. The van der Waals surface area contributed by atoms with Crippen LogP contribution >= 0.6 is 34.7 Å². The predicted molar refractivity (Wildman–Crippen MR) is 345 cm³/mol. The summed E-state index contributed by atoms with van der Waals surface area (Å²) >= 11 is 11.3. The lowest BCUT2D eigenvalue weighted by atomic mass is 9.23. The molecule has 439 valence electrons. The van der Waals surface area contributed by atoms with Crippen molar-refractivity contribution >= 4 is 34.7 Å². The fourth-order valence-electron chi connectivity index (χ4n) is 23.7. The molecule has 11 rings (SSSR count). The molecule has 0 amide bonds. The monoisotopic (exact) mass is 1140 g/mol. The van der Waals surface area contributed by atoms with Crippen molar-refractivity contribution in [2.75, 3.05) is 12.4 Å². The molecule has 3 aromatic rings. The van der Waals surface area contributed by atoms with Gasteiger partial charge in [0.25, 0.3) is 0 Å². The number of benzene rings is 2. The second-order valence-corrected chi connectivity index (χ2v) is 33.0. The van der Waals surface area contributed by atoms with Crippen molar-refractivity contribution in [3.8, 4) is 0 Å². The first-order valence-electron chi connectivity index (χ1n) is 33.9. The summed E-state index contributed by atoms with van der Waals surface area (Å²) in [6.45, 7) is 21.8. The molecule has 80 heavy (non-hydrogen) atoms. The van der Waals surface area contributed by atoms with Gasteiger partial charge >= 0.3 is 0 Å². The normalized spacial score (nSPS) is 38.9. The molecule has 0 aliphatic heterocycles. The lowest BCUT2D eigenvalue weighted by Crippen LogP contribution is -2.75. The van der Waals surface area contributed by atoms with Crippen molar-refractivity contribution in [3.05, 3.63) is 117 Å². The van der Waals surface area contributed by atoms with Crippen molar-refractivity contribution in [3.63, 3.8) is 0 Å². The maximum Gasteiger partial charge on any atom is 0.0436 e. The zero-order valence-electron chi connectivity index (χ0n) is 51.7. The molecule has 1 aromatic heterocycles. The number of allylic oxidation sites excluding steroid dienone is 3. The number of thioether (sulfide) groups is 1. The number of aliphatic hydroxyl groups is 1. The molecule has 7 fully saturated rings. The highest BCUT2D eigenvalue weighted by Crippen LogP contribution is 2.87. The minimum atomic E-state index is -0.148. The minimum Gasteiger partial charge on any atom is -0.396 e. The first-order chi connectivity index (χ1) is 38.7. The maximum absolute atomic E-state index is 13.0. The molecule has 8 aliphatic rings. The highest BCUT2D eigenvalue weighted by molar-refractivity contribution is 7.99. The van der Waals surface area contributed by atoms with Crippen LogP contribution in [0.5, 0.6) is 0 Å². The van der Waals surface area contributed by atoms with E-state index in [0.717, 1.165) is 66.9 Å². The van der Waals surface area contributed by atoms with Crippen LogP contribution in [0, 0.1) is 116 Å². The molecule has 7 saturated carbocycles. The SMILES string of the molecule is CC(C)CCC[C@@H](C)[C@H]1CC[C@H]2[C@@H]3CC(CC=CCl)=C4C(Cc5cccs5)(CC5CCCCC5)[C](Cc5ccccc5)C(CCSc5ccccc5)(C5CC6CCC5C6)C(CCO)(C5CC(C)CCC5C(C)C)[C@]4(C)[C@H]3CC[C@]12C. The van der Waals surface area contributed by atoms with Gasteiger partial charge in [-0.15, -0.1) is 23.1 Å². The largest absolute Gasteiger partial charge is 0.396 e. The summed E-state index contributed by atoms with van der Waals surface area (Å²) in [7, 11) is 0. The minimum absolute atomic E-state index is 0.0918. The number of thiophene rings is 1. The van der Waals surface area contributed by atoms with E-state index < -0.39 is 0 Å². The van der Waals surface area contributed by atoms with Crippen LogP contribution in [-0.4, -0.2) is 17.5 Å². The Bertz CT molecular complexity index is 2510. The number of hydrogen-bond acceptors (Lipinski definition) is 3. The average molecular weight is 1140 g/mol. The van der Waals surface area contributed by atoms with Crippen LogP contribution in [0.1, 0.15) is 220 Å². The molecule has 1 heterocycles. The molecule has 1 radical (unpaired) electrons. The van der Waals surface area contributed by atoms with E-state index in [0.29, 0.717) is 52.8 Å². The first kappa shape index (κ1) is 59.9. The average Bonchev–Trinajstić information content (AvgIpc) is 2.18. The zero-order valence-corrected chi connectivity index (χ0v) is 54.1. The summed E-state index contributed by atoms with van der Waals surface area (Å²) in [5.41, 5.74) is 7.09. The van der Waals surface area contributed by atoms with E-state index in [2.05, 4.69) is 163 Å². The number of halogens is 1. The Morgan fingerprint density at radius 1 is 0.762 bits per heavy atom. The van der Waals surface area contributed by atoms with Gasteiger partial charge in [-0.2, -0.15) is 0 Å². The summed E-state index contributed by atoms with van der Waals surface area (Å²) in [5.74, 6) is 12.8. The number of fused-ring (bicyclic) bond motifs is 7. The molecule has 9 unspecified atom stereocenters. The topological polar surface area (TPSA) is 20.2 Å². The lowest BCUT2D eigenvalue weighted by Gasteiger charge is -2.81. The van der Waals surface area contributed by atoms with E-state index >= 15 is 0 Å². The van der Waals surface area contributed by atoms with E-state index in [-0.39, 0.29) is 28.3 Å². The van der Waals surface area contributed by atoms with E-state index in [9.17, 15) is 5.11 Å². The Morgan fingerprint density at radius 3 is 2.21 bits per heavy atom. The Labute approximate surface area is 503 Å². The molecule has 0 spiro atoms. The first-order valence-corrected chi connectivity index (χ1v) is 36.2. The number of aliphatic hydroxyl groups excluding tert-OH is 1. The predicted octanol–water partition coefficient (Wildman–Crippen LogP) is 22.1. The van der Waals surface area contributed by atoms with Crippen LogP contribution in [0.15, 0.2) is 106 Å². The maximum atomic E-state index is 13.0. The fourth-order valence-corrected chi connectivity index (χ4v) is 25.6. The third-order valence-electron chi connectivity index (χ3n) is 26.2. The summed E-state index contributed by atoms with van der Waals surface area (Å²) in [6.07, 6.45) is 36.5. The third kappa shape index (κ3) is 10.7. The molecule has 0 saturated heterocycles. The quantitative estimate of drug-likeness (QED) is 0.0799. The highest BCUT2D eigenvalue weighted by atomic mass is 35.5. The third-order valence-corrected chi connectivity index (χ3v) is 28.3. The van der Waals surface area contributed by atoms with Gasteiger partial charge in [0, 0.05) is 27.3 Å². The molecule has 8 aliphatic carbocycles. The van der Waals surface area contributed by atoms with Crippen LogP contribution in [0.2, 0.25) is 0 Å². The van der Waals surface area contributed by atoms with Crippen LogP contribution in [-0.2, 0) is 12.8 Å². The summed E-state index contributed by atoms with van der Waals surface area (Å²) in [6, 6.07) is 28.8. The second-order valence-electron chi connectivity index (χ2n) is 30.6. The van der Waals surface area contributed by atoms with Crippen LogP contribution in [0.25, 0.3) is 0 Å². The fraction of sp³-hybridized carbons (Fsp3) is 0.724. The molecule has 4 heteroatoms. The second kappa shape index (κ2) is 25.3. The lowest BCUT2D eigenvalue weighted by molar-refractivity contribution is -0.251. The standard InChI is InChI=1S/C76H110ClOS2/c1-52(2)21-18-22-55(6)65-35-36-66-64-49-60(27-19-41-77)71-73(8,67(64)37-38-72(65,66)7)76(39-42-78,69-45-54(5)31-34-63(69)53(3)4)75(68-47-58-32-33-59(68)46-58,40-44-80-61-28-16-11-17-29-61)70(48-56-23-12-9-13-24-56)74(71,51-62-30-20-43-79-62)50-57-25-14-10-15-26-57/h9,11-13,16-17,19-20,23-24,28-30,41,43,52-55,57-59,63-69,78H,10,14-15,18,21-22,25-27,31-40,42,44-51H2,1-8H3/t54?,55-,58?,59?,63?,64+,65-,66+,67+,68?,69?,72-,73-,74?,75?,76?/m1/s1. The van der Waals surface area contributed by atoms with Crippen molar-refractivity contribution < 1.29 is 5.11 Å². The van der Waals surface area contributed by atoms with E-state index in [1.165, 1.54) is 152 Å². The summed E-state index contributed by atoms with van der Waals surface area (Å²) in [4.78, 5) is 3.04. The number of hydrogen-bond donors (Lipinski definition) is 1. The van der Waals surface area contributed by atoms with Gasteiger partial charge in [-0.3, -0.25) is 0 Å². The van der Waals surface area contributed by atoms with Crippen molar-refractivity contribution in [1.82, 2.24) is 0 Å². The van der Waals surface area contributed by atoms with E-state index in [1.807, 2.05) is 22.6 Å². The smallest absolute Gasteiger partial charge is 0.0436 e. The molecule has 1 N–H and O–H groups in total. The molecule has 2 bridgehead atoms. The van der Waals surface area contributed by atoms with Crippen LogP contribution < -0.4 is 0 Å². The molecular weight excluding hydrogens is 1030 g/mol. The van der Waals surface area contributed by atoms with Gasteiger partial charge in [0.1, 0.15) is 0 Å². The molecule has 1 nitrogen and oxygen atoms in total. The van der Waals surface area contributed by atoms with Gasteiger partial charge in [0.2, 0.25) is 0 Å². The van der Waals surface area contributed by atoms with Crippen molar-refractivity contribution in [2.45, 2.75) is 227 Å². The summed E-state index contributed by atoms with van der Waals surface area (Å²) < 4.78 is 0. The van der Waals surface area contributed by atoms with E-state index in [4.69, 9.17) is 11.6 Å². The zero-order chi connectivity index (χ0) is 55.9. The molecule has 2 aromatic carbocycles. The molecular formula is C76H110ClOS2. The van der Waals surface area contributed by atoms with Gasteiger partial charge in [0.05, 0.1) is 0 Å². The van der Waals surface area contributed by atoms with Crippen LogP contribution in [0.4, 0.5) is 0 Å². The Kier molecular flexibility index (Phi) is 18.9. The Hall–Kier alpha value is -1.78. The van der Waals surface area contributed by atoms with Crippen molar-refractivity contribution in [1.29, 1.82) is 0 Å². The number of rotatable bonds is 22. The molecule has 16 atom stereocenters. The van der Waals surface area contributed by atoms with Gasteiger partial charge in [-0.1, -0.05) is 203 Å². The van der Waals surface area contributed by atoms with Gasteiger partial charge in [-0.05, 0) is 248 Å². The Balaban J connectivity index is 1.27.